The molecular weight excluding hydrogens is 200 g/mol. The van der Waals surface area contributed by atoms with E-state index in [4.69, 9.17) is 4.42 Å². The highest BCUT2D eigenvalue weighted by Crippen LogP contribution is 2.32. The molecule has 0 aliphatic heterocycles. The quantitative estimate of drug-likeness (QED) is 0.813. The Labute approximate surface area is 87.1 Å². The Hall–Kier alpha value is -0.550. The van der Waals surface area contributed by atoms with Gasteiger partial charge in [-0.25, -0.2) is 0 Å². The molecule has 1 aromatic rings. The van der Waals surface area contributed by atoms with E-state index in [0.717, 1.165) is 19.3 Å². The van der Waals surface area contributed by atoms with Crippen LogP contribution in [0.15, 0.2) is 9.64 Å². The molecule has 0 amide bonds. The molecule has 1 fully saturated rings. The summed E-state index contributed by atoms with van der Waals surface area (Å²) >= 11 is 1.50. The number of aliphatic hydroxyl groups excluding tert-OH is 1. The Morgan fingerprint density at radius 1 is 1.36 bits per heavy atom. The predicted molar refractivity (Wildman–Crippen MR) is 53.2 cm³/mol. The van der Waals surface area contributed by atoms with Gasteiger partial charge >= 0.3 is 0 Å². The lowest BCUT2D eigenvalue weighted by Crippen LogP contribution is -2.26. The van der Waals surface area contributed by atoms with Crippen molar-refractivity contribution in [3.05, 3.63) is 5.89 Å². The molecule has 1 aliphatic carbocycles. The first-order valence-electron chi connectivity index (χ1n) is 4.90. The molecule has 0 bridgehead atoms. The third-order valence-corrected chi connectivity index (χ3v) is 3.65. The minimum absolute atomic E-state index is 0.221. The molecule has 1 aromatic heterocycles. The van der Waals surface area contributed by atoms with Gasteiger partial charge in [0.15, 0.2) is 0 Å². The lowest BCUT2D eigenvalue weighted by Gasteiger charge is -2.25. The molecule has 1 aliphatic rings. The fourth-order valence-corrected chi connectivity index (χ4v) is 2.76. The van der Waals surface area contributed by atoms with E-state index in [0.29, 0.717) is 11.1 Å². The van der Waals surface area contributed by atoms with Gasteiger partial charge in [-0.05, 0) is 12.8 Å². The van der Waals surface area contributed by atoms with E-state index >= 15 is 0 Å². The van der Waals surface area contributed by atoms with Crippen LogP contribution in [0, 0.1) is 6.92 Å². The molecule has 78 valence electrons. The van der Waals surface area contributed by atoms with E-state index < -0.39 is 0 Å². The maximum Gasteiger partial charge on any atom is 0.276 e. The molecule has 5 heteroatoms. The van der Waals surface area contributed by atoms with Gasteiger partial charge in [0, 0.05) is 12.2 Å². The van der Waals surface area contributed by atoms with E-state index in [1.807, 2.05) is 0 Å². The molecule has 0 spiro atoms. The number of nitrogens with zero attached hydrogens (tertiary/aromatic N) is 2. The normalized spacial score (nSPS) is 27.9. The lowest BCUT2D eigenvalue weighted by atomic mass is 9.97. The second-order valence-corrected chi connectivity index (χ2v) is 4.79. The standard InChI is InChI=1S/C9H14N2O2S/c1-6-10-11-9(13-6)14-8-5-3-2-4-7(8)12/h7-8,12H,2-5H2,1H3. The molecule has 1 saturated carbocycles. The van der Waals surface area contributed by atoms with Crippen LogP contribution in [0.5, 0.6) is 0 Å². The van der Waals surface area contributed by atoms with Crippen LogP contribution in [0.1, 0.15) is 31.6 Å². The van der Waals surface area contributed by atoms with Crippen LogP contribution in [0.3, 0.4) is 0 Å². The molecular formula is C9H14N2O2S. The van der Waals surface area contributed by atoms with E-state index in [1.165, 1.54) is 18.2 Å². The van der Waals surface area contributed by atoms with Crippen molar-refractivity contribution in [2.75, 3.05) is 0 Å². The molecule has 14 heavy (non-hydrogen) atoms. The first-order valence-corrected chi connectivity index (χ1v) is 5.78. The number of aryl methyl sites for hydroxylation is 1. The molecule has 0 saturated heterocycles. The lowest BCUT2D eigenvalue weighted by molar-refractivity contribution is 0.136. The van der Waals surface area contributed by atoms with Gasteiger partial charge in [-0.3, -0.25) is 0 Å². The van der Waals surface area contributed by atoms with Crippen molar-refractivity contribution in [1.82, 2.24) is 10.2 Å². The first-order chi connectivity index (χ1) is 6.75. The fourth-order valence-electron chi connectivity index (χ4n) is 1.67. The maximum atomic E-state index is 9.73. The molecule has 0 aromatic carbocycles. The van der Waals surface area contributed by atoms with Gasteiger partial charge in [0.25, 0.3) is 5.22 Å². The molecule has 2 rings (SSSR count). The van der Waals surface area contributed by atoms with Crippen LogP contribution in [0.2, 0.25) is 0 Å². The average Bonchev–Trinajstić information content (AvgIpc) is 2.56. The SMILES string of the molecule is Cc1nnc(SC2CCCCC2O)o1. The van der Waals surface area contributed by atoms with E-state index in [2.05, 4.69) is 10.2 Å². The number of aliphatic hydroxyl groups is 1. The number of thioether (sulfide) groups is 1. The van der Waals surface area contributed by atoms with E-state index in [9.17, 15) is 5.11 Å². The summed E-state index contributed by atoms with van der Waals surface area (Å²) in [6.07, 6.45) is 4.02. The summed E-state index contributed by atoms with van der Waals surface area (Å²) in [5.41, 5.74) is 0. The van der Waals surface area contributed by atoms with Crippen molar-refractivity contribution in [3.63, 3.8) is 0 Å². The Balaban J connectivity index is 1.95. The van der Waals surface area contributed by atoms with Crippen molar-refractivity contribution in [2.45, 2.75) is 49.2 Å². The summed E-state index contributed by atoms with van der Waals surface area (Å²) in [7, 11) is 0. The van der Waals surface area contributed by atoms with Crippen LogP contribution in [0.25, 0.3) is 0 Å². The molecule has 4 nitrogen and oxygen atoms in total. The Morgan fingerprint density at radius 2 is 2.14 bits per heavy atom. The van der Waals surface area contributed by atoms with Crippen LogP contribution >= 0.6 is 11.8 Å². The van der Waals surface area contributed by atoms with Gasteiger partial charge in [-0.1, -0.05) is 24.6 Å². The van der Waals surface area contributed by atoms with Gasteiger partial charge < -0.3 is 9.52 Å². The molecule has 2 atom stereocenters. The van der Waals surface area contributed by atoms with Crippen molar-refractivity contribution in [2.24, 2.45) is 0 Å². The van der Waals surface area contributed by atoms with Crippen molar-refractivity contribution in [1.29, 1.82) is 0 Å². The predicted octanol–water partition coefficient (Wildman–Crippen LogP) is 1.77. The van der Waals surface area contributed by atoms with E-state index in [1.54, 1.807) is 6.92 Å². The minimum Gasteiger partial charge on any atom is -0.416 e. The third-order valence-electron chi connectivity index (χ3n) is 2.43. The van der Waals surface area contributed by atoms with Gasteiger partial charge in [-0.2, -0.15) is 0 Å². The second-order valence-electron chi connectivity index (χ2n) is 3.60. The van der Waals surface area contributed by atoms with Gasteiger partial charge in [0.2, 0.25) is 5.89 Å². The zero-order valence-electron chi connectivity index (χ0n) is 8.14. The highest BCUT2D eigenvalue weighted by Gasteiger charge is 2.25. The zero-order chi connectivity index (χ0) is 9.97. The largest absolute Gasteiger partial charge is 0.416 e. The van der Waals surface area contributed by atoms with Gasteiger partial charge in [0.05, 0.1) is 6.10 Å². The number of hydrogen-bond donors (Lipinski definition) is 1. The smallest absolute Gasteiger partial charge is 0.276 e. The summed E-state index contributed by atoms with van der Waals surface area (Å²) in [5, 5.41) is 18.2. The second kappa shape index (κ2) is 4.31. The van der Waals surface area contributed by atoms with Crippen LogP contribution in [-0.2, 0) is 0 Å². The topological polar surface area (TPSA) is 59.2 Å². The Bertz CT molecular complexity index is 303. The average molecular weight is 214 g/mol. The third kappa shape index (κ3) is 2.27. The summed E-state index contributed by atoms with van der Waals surface area (Å²) in [5.74, 6) is 0.581. The Morgan fingerprint density at radius 3 is 2.79 bits per heavy atom. The van der Waals surface area contributed by atoms with Crippen LogP contribution < -0.4 is 0 Å². The van der Waals surface area contributed by atoms with Crippen molar-refractivity contribution >= 4 is 11.8 Å². The highest BCUT2D eigenvalue weighted by atomic mass is 32.2. The Kier molecular flexibility index (Phi) is 3.08. The number of hydrogen-bond acceptors (Lipinski definition) is 5. The number of aromatic nitrogens is 2. The first kappa shape index (κ1) is 9.98. The van der Waals surface area contributed by atoms with Crippen molar-refractivity contribution < 1.29 is 9.52 Å². The molecule has 0 radical (unpaired) electrons. The summed E-state index contributed by atoms with van der Waals surface area (Å²) in [6, 6.07) is 0. The van der Waals surface area contributed by atoms with Gasteiger partial charge in [-0.15, -0.1) is 10.2 Å². The fraction of sp³-hybridized carbons (Fsp3) is 0.778. The van der Waals surface area contributed by atoms with Crippen LogP contribution in [0.4, 0.5) is 0 Å². The maximum absolute atomic E-state index is 9.73. The zero-order valence-corrected chi connectivity index (χ0v) is 8.96. The summed E-state index contributed by atoms with van der Waals surface area (Å²) in [6.45, 7) is 1.77. The molecule has 2 unspecified atom stereocenters. The van der Waals surface area contributed by atoms with Crippen molar-refractivity contribution in [3.8, 4) is 0 Å². The molecule has 1 N–H and O–H groups in total. The summed E-state index contributed by atoms with van der Waals surface area (Å²) < 4.78 is 5.26. The highest BCUT2D eigenvalue weighted by molar-refractivity contribution is 7.99. The minimum atomic E-state index is -0.221. The number of rotatable bonds is 2. The van der Waals surface area contributed by atoms with E-state index in [-0.39, 0.29) is 11.4 Å². The van der Waals surface area contributed by atoms with Crippen LogP contribution in [-0.4, -0.2) is 26.7 Å². The van der Waals surface area contributed by atoms with Gasteiger partial charge in [0.1, 0.15) is 0 Å². The molecule has 1 heterocycles. The summed E-state index contributed by atoms with van der Waals surface area (Å²) in [4.78, 5) is 0. The monoisotopic (exact) mass is 214 g/mol.